The monoisotopic (exact) mass is 260 g/mol. The van der Waals surface area contributed by atoms with Gasteiger partial charge in [0.15, 0.2) is 0 Å². The second-order valence-corrected chi connectivity index (χ2v) is 5.77. The predicted molar refractivity (Wildman–Crippen MR) is 78.3 cm³/mol. The van der Waals surface area contributed by atoms with Crippen LogP contribution in [-0.4, -0.2) is 42.1 Å². The van der Waals surface area contributed by atoms with Gasteiger partial charge in [0.1, 0.15) is 5.82 Å². The molecule has 2 aliphatic rings. The van der Waals surface area contributed by atoms with Gasteiger partial charge in [-0.25, -0.2) is 4.98 Å². The summed E-state index contributed by atoms with van der Waals surface area (Å²) in [6, 6.07) is 4.91. The number of anilines is 1. The van der Waals surface area contributed by atoms with Gasteiger partial charge in [-0.1, -0.05) is 6.07 Å². The summed E-state index contributed by atoms with van der Waals surface area (Å²) in [5.74, 6) is 1.12. The molecule has 2 N–H and O–H groups in total. The molecule has 1 aromatic heterocycles. The molecule has 4 nitrogen and oxygen atoms in total. The second-order valence-electron chi connectivity index (χ2n) is 5.77. The van der Waals surface area contributed by atoms with E-state index in [1.165, 1.54) is 37.9 Å². The summed E-state index contributed by atoms with van der Waals surface area (Å²) in [4.78, 5) is 9.87. The summed E-state index contributed by atoms with van der Waals surface area (Å²) < 4.78 is 0. The maximum absolute atomic E-state index is 5.88. The molecule has 4 heteroatoms. The molecule has 2 saturated heterocycles. The molecule has 0 aromatic carbocycles. The third-order valence-corrected chi connectivity index (χ3v) is 4.42. The first-order valence-corrected chi connectivity index (χ1v) is 7.43. The molecule has 1 unspecified atom stereocenters. The maximum atomic E-state index is 5.88. The molecule has 0 aliphatic carbocycles. The summed E-state index contributed by atoms with van der Waals surface area (Å²) in [5.41, 5.74) is 8.14. The molecule has 0 saturated carbocycles. The Hall–Kier alpha value is -1.13. The van der Waals surface area contributed by atoms with Crippen molar-refractivity contribution in [2.75, 3.05) is 31.1 Å². The van der Waals surface area contributed by atoms with E-state index in [4.69, 9.17) is 10.7 Å². The smallest absolute Gasteiger partial charge is 0.133 e. The van der Waals surface area contributed by atoms with Crippen molar-refractivity contribution in [3.05, 3.63) is 23.4 Å². The van der Waals surface area contributed by atoms with Crippen LogP contribution >= 0.6 is 0 Å². The van der Waals surface area contributed by atoms with Crippen LogP contribution in [0.2, 0.25) is 0 Å². The number of aromatic nitrogens is 1. The Labute approximate surface area is 115 Å². The Morgan fingerprint density at radius 1 is 1.26 bits per heavy atom. The average molecular weight is 260 g/mol. The molecule has 2 fully saturated rings. The fraction of sp³-hybridized carbons (Fsp3) is 0.667. The number of pyridine rings is 1. The molecule has 0 spiro atoms. The molecule has 0 amide bonds. The number of hydrogen-bond donors (Lipinski definition) is 1. The quantitative estimate of drug-likeness (QED) is 0.876. The van der Waals surface area contributed by atoms with Crippen molar-refractivity contribution in [3.63, 3.8) is 0 Å². The fourth-order valence-electron chi connectivity index (χ4n) is 3.40. The Morgan fingerprint density at radius 2 is 2.11 bits per heavy atom. The van der Waals surface area contributed by atoms with Gasteiger partial charge in [0.05, 0.1) is 0 Å². The van der Waals surface area contributed by atoms with Crippen LogP contribution < -0.4 is 10.6 Å². The maximum Gasteiger partial charge on any atom is 0.133 e. The molecule has 3 rings (SSSR count). The van der Waals surface area contributed by atoms with Crippen molar-refractivity contribution in [3.8, 4) is 0 Å². The van der Waals surface area contributed by atoms with Crippen LogP contribution in [0.3, 0.4) is 0 Å². The molecule has 3 heterocycles. The van der Waals surface area contributed by atoms with Gasteiger partial charge < -0.3 is 10.6 Å². The van der Waals surface area contributed by atoms with E-state index in [-0.39, 0.29) is 0 Å². The Morgan fingerprint density at radius 3 is 2.95 bits per heavy atom. The van der Waals surface area contributed by atoms with E-state index >= 15 is 0 Å². The van der Waals surface area contributed by atoms with E-state index in [0.717, 1.165) is 30.6 Å². The van der Waals surface area contributed by atoms with Crippen LogP contribution in [0.5, 0.6) is 0 Å². The Bertz CT molecular complexity index is 446. The molecule has 19 heavy (non-hydrogen) atoms. The minimum Gasteiger partial charge on any atom is -0.355 e. The molecule has 104 valence electrons. The van der Waals surface area contributed by atoms with Gasteiger partial charge in [-0.2, -0.15) is 0 Å². The van der Waals surface area contributed by atoms with Crippen molar-refractivity contribution in [1.82, 2.24) is 9.88 Å². The number of fused-ring (bicyclic) bond motifs is 1. The van der Waals surface area contributed by atoms with Crippen LogP contribution in [0.25, 0.3) is 0 Å². The lowest BCUT2D eigenvalue weighted by Gasteiger charge is -2.28. The van der Waals surface area contributed by atoms with Crippen molar-refractivity contribution in [2.45, 2.75) is 38.8 Å². The zero-order valence-corrected chi connectivity index (χ0v) is 11.8. The SMILES string of the molecule is Cc1ccc(CN)c(N2CCCN3CCCC3C2)n1. The summed E-state index contributed by atoms with van der Waals surface area (Å²) >= 11 is 0. The van der Waals surface area contributed by atoms with Gasteiger partial charge in [-0.05, 0) is 38.8 Å². The van der Waals surface area contributed by atoms with Crippen molar-refractivity contribution >= 4 is 5.82 Å². The third kappa shape index (κ3) is 2.60. The highest BCUT2D eigenvalue weighted by molar-refractivity contribution is 5.48. The Balaban J connectivity index is 1.86. The van der Waals surface area contributed by atoms with E-state index in [9.17, 15) is 0 Å². The summed E-state index contributed by atoms with van der Waals surface area (Å²) in [7, 11) is 0. The lowest BCUT2D eigenvalue weighted by Crippen LogP contribution is -2.37. The molecule has 1 aromatic rings. The number of rotatable bonds is 2. The van der Waals surface area contributed by atoms with E-state index < -0.39 is 0 Å². The fourth-order valence-corrected chi connectivity index (χ4v) is 3.40. The first-order valence-electron chi connectivity index (χ1n) is 7.43. The molecular formula is C15H24N4. The van der Waals surface area contributed by atoms with E-state index in [1.54, 1.807) is 0 Å². The highest BCUT2D eigenvalue weighted by Gasteiger charge is 2.29. The van der Waals surface area contributed by atoms with E-state index in [2.05, 4.69) is 28.9 Å². The number of hydrogen-bond acceptors (Lipinski definition) is 4. The number of nitrogens with zero attached hydrogens (tertiary/aromatic N) is 3. The second kappa shape index (κ2) is 5.47. The normalized spacial score (nSPS) is 24.3. The lowest BCUT2D eigenvalue weighted by molar-refractivity contribution is 0.273. The van der Waals surface area contributed by atoms with E-state index in [1.807, 2.05) is 0 Å². The Kier molecular flexibility index (Phi) is 3.71. The van der Waals surface area contributed by atoms with Gasteiger partial charge >= 0.3 is 0 Å². The zero-order chi connectivity index (χ0) is 13.2. The summed E-state index contributed by atoms with van der Waals surface area (Å²) in [6.07, 6.45) is 3.92. The van der Waals surface area contributed by atoms with Crippen LogP contribution in [-0.2, 0) is 6.54 Å². The third-order valence-electron chi connectivity index (χ3n) is 4.42. The zero-order valence-electron chi connectivity index (χ0n) is 11.8. The standard InChI is InChI=1S/C15H24N4/c1-12-5-6-13(10-16)15(17-12)19-9-3-8-18-7-2-4-14(18)11-19/h5-6,14H,2-4,7-11,16H2,1H3. The summed E-state index contributed by atoms with van der Waals surface area (Å²) in [6.45, 7) is 7.38. The minimum atomic E-state index is 0.577. The van der Waals surface area contributed by atoms with Crippen LogP contribution in [0, 0.1) is 6.92 Å². The van der Waals surface area contributed by atoms with Crippen LogP contribution in [0.15, 0.2) is 12.1 Å². The summed E-state index contributed by atoms with van der Waals surface area (Å²) in [5, 5.41) is 0. The minimum absolute atomic E-state index is 0.577. The number of nitrogens with two attached hydrogens (primary N) is 1. The first-order chi connectivity index (χ1) is 9.28. The molecule has 0 bridgehead atoms. The van der Waals surface area contributed by atoms with Gasteiger partial charge in [-0.3, -0.25) is 4.90 Å². The average Bonchev–Trinajstić information content (AvgIpc) is 2.76. The van der Waals surface area contributed by atoms with Crippen molar-refractivity contribution in [1.29, 1.82) is 0 Å². The molecular weight excluding hydrogens is 236 g/mol. The van der Waals surface area contributed by atoms with Gasteiger partial charge in [0.25, 0.3) is 0 Å². The van der Waals surface area contributed by atoms with Gasteiger partial charge in [0.2, 0.25) is 0 Å². The largest absolute Gasteiger partial charge is 0.355 e. The van der Waals surface area contributed by atoms with Crippen LogP contribution in [0.4, 0.5) is 5.82 Å². The first kappa shape index (κ1) is 12.9. The van der Waals surface area contributed by atoms with E-state index in [0.29, 0.717) is 6.54 Å². The number of aryl methyl sites for hydroxylation is 1. The predicted octanol–water partition coefficient (Wildman–Crippen LogP) is 1.52. The highest BCUT2D eigenvalue weighted by Crippen LogP contribution is 2.26. The highest BCUT2D eigenvalue weighted by atomic mass is 15.3. The molecule has 2 aliphatic heterocycles. The topological polar surface area (TPSA) is 45.4 Å². The van der Waals surface area contributed by atoms with Crippen molar-refractivity contribution in [2.24, 2.45) is 5.73 Å². The van der Waals surface area contributed by atoms with Gasteiger partial charge in [-0.15, -0.1) is 0 Å². The molecule has 1 atom stereocenters. The van der Waals surface area contributed by atoms with Gasteiger partial charge in [0, 0.05) is 43.5 Å². The van der Waals surface area contributed by atoms with Crippen molar-refractivity contribution < 1.29 is 0 Å². The lowest BCUT2D eigenvalue weighted by atomic mass is 10.2. The molecule has 0 radical (unpaired) electrons. The van der Waals surface area contributed by atoms with Crippen LogP contribution in [0.1, 0.15) is 30.5 Å².